The third-order valence-corrected chi connectivity index (χ3v) is 2.39. The molecule has 0 heterocycles. The van der Waals surface area contributed by atoms with Gasteiger partial charge in [-0.1, -0.05) is 12.1 Å². The number of hydrogen-bond acceptors (Lipinski definition) is 2. The van der Waals surface area contributed by atoms with Gasteiger partial charge >= 0.3 is 6.18 Å². The van der Waals surface area contributed by atoms with E-state index < -0.39 is 12.7 Å². The minimum absolute atomic E-state index is 0.309. The first-order valence-corrected chi connectivity index (χ1v) is 5.44. The second kappa shape index (κ2) is 5.91. The number of halogens is 3. The number of alkyl halides is 3. The molecule has 5 heteroatoms. The fourth-order valence-electron chi connectivity index (χ4n) is 1.47. The largest absolute Gasteiger partial charge is 0.401 e. The van der Waals surface area contributed by atoms with Crippen molar-refractivity contribution in [2.24, 2.45) is 0 Å². The molecule has 1 rings (SSSR count). The molecule has 0 aliphatic rings. The summed E-state index contributed by atoms with van der Waals surface area (Å²) in [5, 5.41) is 2.37. The van der Waals surface area contributed by atoms with E-state index in [0.717, 1.165) is 11.3 Å². The van der Waals surface area contributed by atoms with Crippen LogP contribution in [-0.2, 0) is 0 Å². The highest BCUT2D eigenvalue weighted by Gasteiger charge is 2.25. The average molecular weight is 246 g/mol. The minimum Gasteiger partial charge on any atom is -0.373 e. The van der Waals surface area contributed by atoms with Crippen LogP contribution in [0.5, 0.6) is 0 Å². The summed E-state index contributed by atoms with van der Waals surface area (Å²) in [6.07, 6.45) is -4.14. The lowest BCUT2D eigenvalue weighted by molar-refractivity contribution is -0.124. The van der Waals surface area contributed by atoms with Gasteiger partial charge in [0.15, 0.2) is 0 Å². The van der Waals surface area contributed by atoms with Gasteiger partial charge in [0, 0.05) is 25.8 Å². The van der Waals surface area contributed by atoms with Gasteiger partial charge in [0.25, 0.3) is 0 Å². The van der Waals surface area contributed by atoms with E-state index in [1.54, 1.807) is 0 Å². The minimum atomic E-state index is -4.14. The van der Waals surface area contributed by atoms with Crippen molar-refractivity contribution in [2.45, 2.75) is 13.1 Å². The van der Waals surface area contributed by atoms with Crippen molar-refractivity contribution in [1.29, 1.82) is 0 Å². The Kier molecular flexibility index (Phi) is 4.81. The molecule has 1 aromatic rings. The molecule has 0 bridgehead atoms. The Morgan fingerprint density at radius 2 is 2.00 bits per heavy atom. The van der Waals surface area contributed by atoms with Crippen molar-refractivity contribution in [3.05, 3.63) is 29.8 Å². The fraction of sp³-hybridized carbons (Fsp3) is 0.500. The summed E-state index contributed by atoms with van der Waals surface area (Å²) in [6, 6.07) is 7.87. The number of likely N-dealkylation sites (N-methyl/N-ethyl adjacent to an activating group) is 1. The van der Waals surface area contributed by atoms with Crippen LogP contribution in [0.2, 0.25) is 0 Å². The zero-order valence-electron chi connectivity index (χ0n) is 10.0. The molecule has 2 nitrogen and oxygen atoms in total. The van der Waals surface area contributed by atoms with Crippen LogP contribution >= 0.6 is 0 Å². The van der Waals surface area contributed by atoms with Crippen LogP contribution in [0.25, 0.3) is 0 Å². The molecule has 0 fully saturated rings. The van der Waals surface area contributed by atoms with Crippen molar-refractivity contribution in [3.63, 3.8) is 0 Å². The van der Waals surface area contributed by atoms with Crippen LogP contribution in [0, 0.1) is 6.92 Å². The first kappa shape index (κ1) is 13.8. The number of hydrogen-bond donors (Lipinski definition) is 1. The van der Waals surface area contributed by atoms with Crippen LogP contribution in [0.15, 0.2) is 24.3 Å². The van der Waals surface area contributed by atoms with E-state index in [9.17, 15) is 13.2 Å². The predicted octanol–water partition coefficient (Wildman–Crippen LogP) is 2.58. The molecule has 0 atom stereocenters. The zero-order chi connectivity index (χ0) is 12.9. The Bertz CT molecular complexity index is 350. The normalized spacial score (nSPS) is 11.6. The van der Waals surface area contributed by atoms with E-state index in [-0.39, 0.29) is 0 Å². The molecule has 1 N–H and O–H groups in total. The average Bonchev–Trinajstić information content (AvgIpc) is 2.23. The number of rotatable bonds is 5. The molecular weight excluding hydrogens is 229 g/mol. The van der Waals surface area contributed by atoms with Gasteiger partial charge in [-0.05, 0) is 24.6 Å². The van der Waals surface area contributed by atoms with Gasteiger partial charge in [-0.15, -0.1) is 0 Å². The molecule has 0 aromatic heterocycles. The molecule has 0 spiro atoms. The molecule has 1 aromatic carbocycles. The van der Waals surface area contributed by atoms with Crippen molar-refractivity contribution in [2.75, 3.05) is 31.6 Å². The molecule has 0 amide bonds. The highest BCUT2D eigenvalue weighted by atomic mass is 19.4. The standard InChI is InChI=1S/C12H17F3N2/c1-10-4-3-5-11(8-10)17(2)7-6-16-9-12(13,14)15/h3-5,8,16H,6-7,9H2,1-2H3. The Balaban J connectivity index is 2.33. The maximum absolute atomic E-state index is 11.9. The Morgan fingerprint density at radius 1 is 1.29 bits per heavy atom. The van der Waals surface area contributed by atoms with E-state index in [4.69, 9.17) is 0 Å². The molecule has 0 saturated heterocycles. The van der Waals surface area contributed by atoms with Gasteiger partial charge < -0.3 is 10.2 Å². The molecule has 0 aliphatic heterocycles. The zero-order valence-corrected chi connectivity index (χ0v) is 10.0. The van der Waals surface area contributed by atoms with Crippen LogP contribution < -0.4 is 10.2 Å². The maximum atomic E-state index is 11.9. The third kappa shape index (κ3) is 5.58. The van der Waals surface area contributed by atoms with E-state index in [2.05, 4.69) is 5.32 Å². The Labute approximate surface area is 99.4 Å². The lowest BCUT2D eigenvalue weighted by Gasteiger charge is -2.20. The molecule has 0 unspecified atom stereocenters. The first-order valence-electron chi connectivity index (χ1n) is 5.44. The van der Waals surface area contributed by atoms with Crippen LogP contribution in [0.1, 0.15) is 5.56 Å². The second-order valence-corrected chi connectivity index (χ2v) is 4.05. The first-order chi connectivity index (χ1) is 7.88. The third-order valence-electron chi connectivity index (χ3n) is 2.39. The topological polar surface area (TPSA) is 15.3 Å². The molecule has 17 heavy (non-hydrogen) atoms. The van der Waals surface area contributed by atoms with Gasteiger partial charge in [-0.3, -0.25) is 0 Å². The van der Waals surface area contributed by atoms with Crippen LogP contribution in [-0.4, -0.2) is 32.9 Å². The van der Waals surface area contributed by atoms with E-state index >= 15 is 0 Å². The monoisotopic (exact) mass is 246 g/mol. The fourth-order valence-corrected chi connectivity index (χ4v) is 1.47. The van der Waals surface area contributed by atoms with E-state index in [1.165, 1.54) is 0 Å². The van der Waals surface area contributed by atoms with Crippen molar-refractivity contribution in [3.8, 4) is 0 Å². The predicted molar refractivity (Wildman–Crippen MR) is 63.4 cm³/mol. The van der Waals surface area contributed by atoms with E-state index in [0.29, 0.717) is 13.1 Å². The summed E-state index contributed by atoms with van der Waals surface area (Å²) >= 11 is 0. The second-order valence-electron chi connectivity index (χ2n) is 4.05. The summed E-state index contributed by atoms with van der Waals surface area (Å²) in [6.45, 7) is 1.90. The van der Waals surface area contributed by atoms with E-state index in [1.807, 2.05) is 43.1 Å². The summed E-state index contributed by atoms with van der Waals surface area (Å²) in [4.78, 5) is 1.93. The molecule has 0 saturated carbocycles. The van der Waals surface area contributed by atoms with Crippen LogP contribution in [0.3, 0.4) is 0 Å². The van der Waals surface area contributed by atoms with Crippen molar-refractivity contribution in [1.82, 2.24) is 5.32 Å². The highest BCUT2D eigenvalue weighted by Crippen LogP contribution is 2.14. The number of benzene rings is 1. The van der Waals surface area contributed by atoms with Gasteiger partial charge in [0.1, 0.15) is 0 Å². The van der Waals surface area contributed by atoms with Gasteiger partial charge in [0.05, 0.1) is 6.54 Å². The number of nitrogens with zero attached hydrogens (tertiary/aromatic N) is 1. The molecular formula is C12H17F3N2. The number of anilines is 1. The summed E-state index contributed by atoms with van der Waals surface area (Å²) in [7, 11) is 1.87. The van der Waals surface area contributed by atoms with Crippen molar-refractivity contribution < 1.29 is 13.2 Å². The lowest BCUT2D eigenvalue weighted by Crippen LogP contribution is -2.35. The quantitative estimate of drug-likeness (QED) is 0.803. The molecule has 0 radical (unpaired) electrons. The number of aryl methyl sites for hydroxylation is 1. The Hall–Kier alpha value is -1.23. The number of nitrogens with one attached hydrogen (secondary N) is 1. The SMILES string of the molecule is Cc1cccc(N(C)CCNCC(F)(F)F)c1. The smallest absolute Gasteiger partial charge is 0.373 e. The van der Waals surface area contributed by atoms with Gasteiger partial charge in [0.2, 0.25) is 0 Å². The van der Waals surface area contributed by atoms with Gasteiger partial charge in [-0.2, -0.15) is 13.2 Å². The lowest BCUT2D eigenvalue weighted by atomic mass is 10.2. The summed E-state index contributed by atoms with van der Waals surface area (Å²) < 4.78 is 35.6. The van der Waals surface area contributed by atoms with Gasteiger partial charge in [-0.25, -0.2) is 0 Å². The molecule has 0 aliphatic carbocycles. The summed E-state index contributed by atoms with van der Waals surface area (Å²) in [5.41, 5.74) is 2.15. The van der Waals surface area contributed by atoms with Crippen molar-refractivity contribution >= 4 is 5.69 Å². The summed E-state index contributed by atoms with van der Waals surface area (Å²) in [5.74, 6) is 0. The Morgan fingerprint density at radius 3 is 2.59 bits per heavy atom. The van der Waals surface area contributed by atoms with Crippen LogP contribution in [0.4, 0.5) is 18.9 Å². The molecule has 96 valence electrons. The maximum Gasteiger partial charge on any atom is 0.401 e. The highest BCUT2D eigenvalue weighted by molar-refractivity contribution is 5.47.